The molecule has 0 spiro atoms. The van der Waals surface area contributed by atoms with E-state index in [9.17, 15) is 18.0 Å². The van der Waals surface area contributed by atoms with Gasteiger partial charge in [0.25, 0.3) is 15.9 Å². The number of ether oxygens (including phenoxy) is 1. The second-order valence-corrected chi connectivity index (χ2v) is 10.1. The number of halogens is 1. The number of sulfonamides is 1. The van der Waals surface area contributed by atoms with Crippen LogP contribution >= 0.6 is 11.6 Å². The van der Waals surface area contributed by atoms with E-state index in [-0.39, 0.29) is 15.5 Å². The number of hydrogen-bond donors (Lipinski definition) is 2. The standard InChI is InChI=1S/C26H27ClN2O5S/c1-4-5-15-34-26(31)19-9-12-21(13-10-19)28-25(30)20-11-14-22(27)24(16-20)35(32,33)29-23-8-6-7-17(2)18(23)3/h6-14,16,29H,4-5,15H2,1-3H3,(H,28,30). The molecule has 0 heterocycles. The number of carbonyl (C=O) groups is 2. The molecule has 0 saturated heterocycles. The van der Waals surface area contributed by atoms with Crippen LogP contribution in [0.4, 0.5) is 11.4 Å². The van der Waals surface area contributed by atoms with E-state index in [1.165, 1.54) is 18.2 Å². The van der Waals surface area contributed by atoms with E-state index in [0.717, 1.165) is 24.0 Å². The third-order valence-electron chi connectivity index (χ3n) is 5.44. The Morgan fingerprint density at radius 2 is 1.66 bits per heavy atom. The highest BCUT2D eigenvalue weighted by Crippen LogP contribution is 2.27. The SMILES string of the molecule is CCCCOC(=O)c1ccc(NC(=O)c2ccc(Cl)c(S(=O)(=O)Nc3cccc(C)c3C)c2)cc1. The van der Waals surface area contributed by atoms with Crippen molar-refractivity contribution >= 4 is 44.9 Å². The van der Waals surface area contributed by atoms with Crippen LogP contribution in [0.3, 0.4) is 0 Å². The Hall–Kier alpha value is -3.36. The molecule has 0 atom stereocenters. The third-order valence-corrected chi connectivity index (χ3v) is 7.29. The minimum Gasteiger partial charge on any atom is -0.462 e. The fourth-order valence-electron chi connectivity index (χ4n) is 3.20. The summed E-state index contributed by atoms with van der Waals surface area (Å²) in [6.45, 7) is 6.06. The van der Waals surface area contributed by atoms with Gasteiger partial charge in [0.05, 0.1) is 22.9 Å². The Morgan fingerprint density at radius 3 is 2.34 bits per heavy atom. The number of esters is 1. The summed E-state index contributed by atoms with van der Waals surface area (Å²) >= 11 is 6.18. The van der Waals surface area contributed by atoms with Gasteiger partial charge in [-0.1, -0.05) is 37.1 Å². The van der Waals surface area contributed by atoms with Gasteiger partial charge in [-0.05, 0) is 79.9 Å². The van der Waals surface area contributed by atoms with Gasteiger partial charge in [0.2, 0.25) is 0 Å². The van der Waals surface area contributed by atoms with Crippen molar-refractivity contribution < 1.29 is 22.7 Å². The largest absolute Gasteiger partial charge is 0.462 e. The summed E-state index contributed by atoms with van der Waals surface area (Å²) in [6, 6.07) is 15.6. The third kappa shape index (κ3) is 6.61. The van der Waals surface area contributed by atoms with Crippen molar-refractivity contribution in [1.29, 1.82) is 0 Å². The predicted octanol–water partition coefficient (Wildman–Crippen LogP) is 5.97. The molecule has 0 aliphatic heterocycles. The van der Waals surface area contributed by atoms with E-state index in [4.69, 9.17) is 16.3 Å². The maximum absolute atomic E-state index is 13.0. The predicted molar refractivity (Wildman–Crippen MR) is 138 cm³/mol. The van der Waals surface area contributed by atoms with Gasteiger partial charge >= 0.3 is 5.97 Å². The van der Waals surface area contributed by atoms with Crippen molar-refractivity contribution in [2.24, 2.45) is 0 Å². The Kier molecular flexibility index (Phi) is 8.53. The molecule has 3 rings (SSSR count). The van der Waals surface area contributed by atoms with Crippen LogP contribution in [0.5, 0.6) is 0 Å². The van der Waals surface area contributed by atoms with Crippen molar-refractivity contribution in [1.82, 2.24) is 0 Å². The van der Waals surface area contributed by atoms with Crippen molar-refractivity contribution in [3.8, 4) is 0 Å². The molecule has 1 amide bonds. The van der Waals surface area contributed by atoms with Crippen LogP contribution < -0.4 is 10.0 Å². The molecule has 0 aromatic heterocycles. The molecule has 0 aliphatic rings. The van der Waals surface area contributed by atoms with Crippen LogP contribution in [0.1, 0.15) is 51.6 Å². The first-order valence-electron chi connectivity index (χ1n) is 11.1. The lowest BCUT2D eigenvalue weighted by Crippen LogP contribution is -2.17. The highest BCUT2D eigenvalue weighted by atomic mass is 35.5. The van der Waals surface area contributed by atoms with Crippen molar-refractivity contribution in [3.05, 3.63) is 87.9 Å². The van der Waals surface area contributed by atoms with Gasteiger partial charge in [-0.15, -0.1) is 0 Å². The Balaban J connectivity index is 1.76. The molecule has 2 N–H and O–H groups in total. The lowest BCUT2D eigenvalue weighted by Gasteiger charge is -2.14. The fourth-order valence-corrected chi connectivity index (χ4v) is 4.85. The van der Waals surface area contributed by atoms with Gasteiger partial charge in [0.15, 0.2) is 0 Å². The zero-order valence-corrected chi connectivity index (χ0v) is 21.3. The number of nitrogens with one attached hydrogen (secondary N) is 2. The minimum atomic E-state index is -4.05. The molecule has 3 aromatic carbocycles. The van der Waals surface area contributed by atoms with Crippen molar-refractivity contribution in [2.45, 2.75) is 38.5 Å². The number of hydrogen-bond acceptors (Lipinski definition) is 5. The summed E-state index contributed by atoms with van der Waals surface area (Å²) in [5, 5.41) is 2.68. The van der Waals surface area contributed by atoms with Gasteiger partial charge in [-0.2, -0.15) is 0 Å². The zero-order chi connectivity index (χ0) is 25.6. The van der Waals surface area contributed by atoms with E-state index in [2.05, 4.69) is 10.0 Å². The van der Waals surface area contributed by atoms with E-state index in [1.807, 2.05) is 26.8 Å². The maximum Gasteiger partial charge on any atom is 0.338 e. The number of aryl methyl sites for hydroxylation is 1. The lowest BCUT2D eigenvalue weighted by molar-refractivity contribution is 0.0499. The van der Waals surface area contributed by atoms with Gasteiger partial charge < -0.3 is 10.1 Å². The average Bonchev–Trinajstić information content (AvgIpc) is 2.82. The quantitative estimate of drug-likeness (QED) is 0.270. The molecule has 0 unspecified atom stereocenters. The molecule has 35 heavy (non-hydrogen) atoms. The molecule has 9 heteroatoms. The number of benzene rings is 3. The van der Waals surface area contributed by atoms with Crippen LogP contribution in [0.2, 0.25) is 5.02 Å². The normalized spacial score (nSPS) is 11.1. The summed E-state index contributed by atoms with van der Waals surface area (Å²) in [5.74, 6) is -0.955. The molecule has 0 radical (unpaired) electrons. The Morgan fingerprint density at radius 1 is 0.971 bits per heavy atom. The Bertz CT molecular complexity index is 1340. The zero-order valence-electron chi connectivity index (χ0n) is 19.7. The second-order valence-electron chi connectivity index (χ2n) is 8.02. The summed E-state index contributed by atoms with van der Waals surface area (Å²) in [5.41, 5.74) is 3.08. The van der Waals surface area contributed by atoms with Crippen molar-refractivity contribution in [3.63, 3.8) is 0 Å². The molecule has 0 aliphatic carbocycles. The molecule has 3 aromatic rings. The molecule has 0 fully saturated rings. The van der Waals surface area contributed by atoms with Crippen LogP contribution in [0.15, 0.2) is 65.6 Å². The van der Waals surface area contributed by atoms with Crippen LogP contribution in [-0.4, -0.2) is 26.9 Å². The topological polar surface area (TPSA) is 102 Å². The average molecular weight is 515 g/mol. The van der Waals surface area contributed by atoms with Gasteiger partial charge in [-0.25, -0.2) is 13.2 Å². The summed E-state index contributed by atoms with van der Waals surface area (Å²) in [7, 11) is -4.05. The molecular formula is C26H27ClN2O5S. The van der Waals surface area contributed by atoms with E-state index >= 15 is 0 Å². The molecule has 7 nitrogen and oxygen atoms in total. The highest BCUT2D eigenvalue weighted by molar-refractivity contribution is 7.92. The number of amides is 1. The summed E-state index contributed by atoms with van der Waals surface area (Å²) in [4.78, 5) is 24.6. The lowest BCUT2D eigenvalue weighted by atomic mass is 10.1. The molecule has 184 valence electrons. The van der Waals surface area contributed by atoms with E-state index in [1.54, 1.807) is 36.4 Å². The van der Waals surface area contributed by atoms with Gasteiger partial charge in [0, 0.05) is 11.3 Å². The monoisotopic (exact) mass is 514 g/mol. The molecule has 0 bridgehead atoms. The summed E-state index contributed by atoms with van der Waals surface area (Å²) < 4.78 is 33.8. The molecular weight excluding hydrogens is 488 g/mol. The van der Waals surface area contributed by atoms with Crippen molar-refractivity contribution in [2.75, 3.05) is 16.6 Å². The molecule has 0 saturated carbocycles. The van der Waals surface area contributed by atoms with Gasteiger partial charge in [0.1, 0.15) is 4.90 Å². The highest BCUT2D eigenvalue weighted by Gasteiger charge is 2.21. The van der Waals surface area contributed by atoms with Crippen LogP contribution in [0.25, 0.3) is 0 Å². The summed E-state index contributed by atoms with van der Waals surface area (Å²) in [6.07, 6.45) is 1.71. The number of unbranched alkanes of at least 4 members (excludes halogenated alkanes) is 1. The minimum absolute atomic E-state index is 0.00899. The number of rotatable bonds is 9. The second kappa shape index (κ2) is 11.4. The first-order chi connectivity index (χ1) is 16.6. The smallest absolute Gasteiger partial charge is 0.338 e. The number of anilines is 2. The Labute approximate surface area is 210 Å². The first-order valence-corrected chi connectivity index (χ1v) is 13.0. The first kappa shape index (κ1) is 26.2. The van der Waals surface area contributed by atoms with Crippen LogP contribution in [-0.2, 0) is 14.8 Å². The van der Waals surface area contributed by atoms with E-state index < -0.39 is 21.9 Å². The fraction of sp³-hybridized carbons (Fsp3) is 0.231. The maximum atomic E-state index is 13.0. The van der Waals surface area contributed by atoms with E-state index in [0.29, 0.717) is 23.5 Å². The van der Waals surface area contributed by atoms with Crippen LogP contribution in [0, 0.1) is 13.8 Å². The number of carbonyl (C=O) groups excluding carboxylic acids is 2. The van der Waals surface area contributed by atoms with Gasteiger partial charge in [-0.3, -0.25) is 9.52 Å².